The zero-order valence-electron chi connectivity index (χ0n) is 16.8. The number of amides is 2. The van der Waals surface area contributed by atoms with E-state index >= 15 is 0 Å². The molecule has 0 aromatic heterocycles. The molecule has 0 saturated heterocycles. The van der Waals surface area contributed by atoms with Gasteiger partial charge in [-0.1, -0.05) is 24.3 Å². The highest BCUT2D eigenvalue weighted by atomic mass is 16.5. The molecule has 1 aliphatic rings. The van der Waals surface area contributed by atoms with Crippen LogP contribution in [0.2, 0.25) is 0 Å². The summed E-state index contributed by atoms with van der Waals surface area (Å²) in [7, 11) is 0. The van der Waals surface area contributed by atoms with Gasteiger partial charge in [0.2, 0.25) is 5.91 Å². The van der Waals surface area contributed by atoms with Crippen LogP contribution in [0, 0.1) is 0 Å². The number of carbonyl (C=O) groups excluding carboxylic acids is 3. The van der Waals surface area contributed by atoms with Crippen molar-refractivity contribution in [2.45, 2.75) is 19.8 Å². The molecule has 2 aromatic rings. The normalized spacial score (nSPS) is 12.6. The second-order valence-electron chi connectivity index (χ2n) is 6.54. The van der Waals surface area contributed by atoms with E-state index in [4.69, 9.17) is 14.2 Å². The third-order valence-electron chi connectivity index (χ3n) is 4.36. The van der Waals surface area contributed by atoms with E-state index in [1.54, 1.807) is 30.3 Å². The molecule has 2 aromatic carbocycles. The van der Waals surface area contributed by atoms with Crippen molar-refractivity contribution in [1.29, 1.82) is 0 Å². The lowest BCUT2D eigenvalue weighted by Gasteiger charge is -2.28. The minimum absolute atomic E-state index is 0.111. The van der Waals surface area contributed by atoms with Crippen LogP contribution in [0.25, 0.3) is 0 Å². The van der Waals surface area contributed by atoms with Gasteiger partial charge in [0.25, 0.3) is 5.91 Å². The van der Waals surface area contributed by atoms with Crippen LogP contribution < -0.4 is 19.7 Å². The number of nitrogens with one attached hydrogen (secondary N) is 1. The minimum atomic E-state index is -0.500. The van der Waals surface area contributed by atoms with Gasteiger partial charge in [-0.15, -0.1) is 0 Å². The Morgan fingerprint density at radius 1 is 1.03 bits per heavy atom. The number of benzene rings is 2. The lowest BCUT2D eigenvalue weighted by molar-refractivity contribution is -0.148. The first-order valence-electron chi connectivity index (χ1n) is 9.78. The van der Waals surface area contributed by atoms with Gasteiger partial charge < -0.3 is 19.5 Å². The van der Waals surface area contributed by atoms with Crippen LogP contribution in [0.3, 0.4) is 0 Å². The molecule has 30 heavy (non-hydrogen) atoms. The quantitative estimate of drug-likeness (QED) is 0.503. The number of nitrogens with zero attached hydrogens (tertiary/aromatic N) is 1. The summed E-state index contributed by atoms with van der Waals surface area (Å²) in [6.45, 7) is 2.20. The standard InChI is InChI=1S/C22H24N2O6/c1-2-28-18-10-5-6-11-19(18)29-13-7-12-22(27)30-15-21(26)24-14-20(25)23-16-8-3-4-9-17(16)24/h3-6,8-11H,2,7,12-15H2,1H3,(H,23,25). The number of para-hydroxylation sites is 4. The Labute approximate surface area is 174 Å². The number of esters is 1. The van der Waals surface area contributed by atoms with Crippen molar-refractivity contribution in [2.75, 3.05) is 36.6 Å². The van der Waals surface area contributed by atoms with Crippen molar-refractivity contribution >= 4 is 29.2 Å². The molecule has 0 bridgehead atoms. The first kappa shape index (κ1) is 21.2. The molecular weight excluding hydrogens is 388 g/mol. The third kappa shape index (κ3) is 5.50. The summed E-state index contributed by atoms with van der Waals surface area (Å²) in [6, 6.07) is 14.3. The van der Waals surface area contributed by atoms with Gasteiger partial charge in [0.15, 0.2) is 18.1 Å². The monoisotopic (exact) mass is 412 g/mol. The number of hydrogen-bond donors (Lipinski definition) is 1. The highest BCUT2D eigenvalue weighted by Gasteiger charge is 2.27. The molecule has 0 unspecified atom stereocenters. The van der Waals surface area contributed by atoms with Gasteiger partial charge in [-0.2, -0.15) is 0 Å². The molecule has 1 heterocycles. The average Bonchev–Trinajstić information content (AvgIpc) is 2.75. The van der Waals surface area contributed by atoms with E-state index in [1.165, 1.54) is 4.90 Å². The summed E-state index contributed by atoms with van der Waals surface area (Å²) in [6.07, 6.45) is 0.545. The van der Waals surface area contributed by atoms with Crippen molar-refractivity contribution in [3.8, 4) is 11.5 Å². The number of rotatable bonds is 9. The Morgan fingerprint density at radius 3 is 2.50 bits per heavy atom. The topological polar surface area (TPSA) is 94.2 Å². The van der Waals surface area contributed by atoms with Crippen LogP contribution in [0.15, 0.2) is 48.5 Å². The maximum absolute atomic E-state index is 12.5. The third-order valence-corrected chi connectivity index (χ3v) is 4.36. The molecule has 8 nitrogen and oxygen atoms in total. The molecule has 1 N–H and O–H groups in total. The summed E-state index contributed by atoms with van der Waals surface area (Å²) in [5.41, 5.74) is 1.14. The molecule has 1 aliphatic heterocycles. The van der Waals surface area contributed by atoms with Crippen molar-refractivity contribution < 1.29 is 28.6 Å². The second kappa shape index (κ2) is 10.3. The van der Waals surface area contributed by atoms with Crippen LogP contribution >= 0.6 is 0 Å². The highest BCUT2D eigenvalue weighted by Crippen LogP contribution is 2.29. The largest absolute Gasteiger partial charge is 0.490 e. The van der Waals surface area contributed by atoms with Crippen LogP contribution in [0.4, 0.5) is 11.4 Å². The first-order chi connectivity index (χ1) is 14.6. The zero-order chi connectivity index (χ0) is 21.3. The summed E-state index contributed by atoms with van der Waals surface area (Å²) in [5, 5.41) is 2.71. The smallest absolute Gasteiger partial charge is 0.306 e. The molecule has 8 heteroatoms. The van der Waals surface area contributed by atoms with Gasteiger partial charge in [-0.05, 0) is 37.6 Å². The fourth-order valence-corrected chi connectivity index (χ4v) is 2.99. The molecule has 0 fully saturated rings. The Bertz CT molecular complexity index is 914. The number of ether oxygens (including phenoxy) is 3. The Balaban J connectivity index is 1.42. The van der Waals surface area contributed by atoms with E-state index in [9.17, 15) is 14.4 Å². The van der Waals surface area contributed by atoms with Gasteiger partial charge in [-0.25, -0.2) is 0 Å². The summed E-state index contributed by atoms with van der Waals surface area (Å²) in [4.78, 5) is 37.5. The van der Waals surface area contributed by atoms with Gasteiger partial charge in [0, 0.05) is 6.42 Å². The zero-order valence-corrected chi connectivity index (χ0v) is 16.8. The summed E-state index contributed by atoms with van der Waals surface area (Å²) >= 11 is 0. The van der Waals surface area contributed by atoms with Crippen LogP contribution in [0.5, 0.6) is 11.5 Å². The molecule has 0 aliphatic carbocycles. The fraction of sp³-hybridized carbons (Fsp3) is 0.318. The number of anilines is 2. The second-order valence-corrected chi connectivity index (χ2v) is 6.54. The molecule has 0 radical (unpaired) electrons. The van der Waals surface area contributed by atoms with E-state index in [0.29, 0.717) is 42.5 Å². The Kier molecular flexibility index (Phi) is 7.26. The maximum Gasteiger partial charge on any atom is 0.306 e. The number of fused-ring (bicyclic) bond motifs is 1. The van der Waals surface area contributed by atoms with E-state index in [0.717, 1.165) is 0 Å². The van der Waals surface area contributed by atoms with E-state index in [2.05, 4.69) is 5.32 Å². The van der Waals surface area contributed by atoms with Crippen LogP contribution in [0.1, 0.15) is 19.8 Å². The Morgan fingerprint density at radius 2 is 1.73 bits per heavy atom. The molecule has 158 valence electrons. The predicted octanol–water partition coefficient (Wildman–Crippen LogP) is 2.77. The van der Waals surface area contributed by atoms with Crippen molar-refractivity contribution in [2.24, 2.45) is 0 Å². The average molecular weight is 412 g/mol. The first-order valence-corrected chi connectivity index (χ1v) is 9.78. The summed E-state index contributed by atoms with van der Waals surface area (Å²) < 4.78 is 16.2. The minimum Gasteiger partial charge on any atom is -0.490 e. The SMILES string of the molecule is CCOc1ccccc1OCCCC(=O)OCC(=O)N1CC(=O)Nc2ccccc21. The lowest BCUT2D eigenvalue weighted by atomic mass is 10.2. The summed E-state index contributed by atoms with van der Waals surface area (Å²) in [5.74, 6) is 0.0224. The fourth-order valence-electron chi connectivity index (χ4n) is 2.99. The number of hydrogen-bond acceptors (Lipinski definition) is 6. The van der Waals surface area contributed by atoms with E-state index < -0.39 is 18.5 Å². The highest BCUT2D eigenvalue weighted by molar-refractivity contribution is 6.10. The van der Waals surface area contributed by atoms with Crippen molar-refractivity contribution in [3.63, 3.8) is 0 Å². The van der Waals surface area contributed by atoms with Gasteiger partial charge >= 0.3 is 5.97 Å². The van der Waals surface area contributed by atoms with Crippen molar-refractivity contribution in [1.82, 2.24) is 0 Å². The predicted molar refractivity (Wildman–Crippen MR) is 111 cm³/mol. The molecule has 0 spiro atoms. The molecule has 0 atom stereocenters. The van der Waals surface area contributed by atoms with Gasteiger partial charge in [-0.3, -0.25) is 19.3 Å². The maximum atomic E-state index is 12.5. The Hall–Kier alpha value is -3.55. The van der Waals surface area contributed by atoms with Gasteiger partial charge in [0.05, 0.1) is 24.6 Å². The molecule has 0 saturated carbocycles. The van der Waals surface area contributed by atoms with Crippen LogP contribution in [-0.4, -0.2) is 44.1 Å². The number of carbonyl (C=O) groups is 3. The molecular formula is C22H24N2O6. The van der Waals surface area contributed by atoms with Gasteiger partial charge in [0.1, 0.15) is 6.54 Å². The van der Waals surface area contributed by atoms with E-state index in [-0.39, 0.29) is 18.9 Å². The molecule has 3 rings (SSSR count). The van der Waals surface area contributed by atoms with E-state index in [1.807, 2.05) is 25.1 Å². The van der Waals surface area contributed by atoms with Crippen molar-refractivity contribution in [3.05, 3.63) is 48.5 Å². The van der Waals surface area contributed by atoms with Crippen LogP contribution in [-0.2, 0) is 19.1 Å². The lowest BCUT2D eigenvalue weighted by Crippen LogP contribution is -2.44. The molecule has 2 amide bonds.